The van der Waals surface area contributed by atoms with E-state index in [1.807, 2.05) is 34.6 Å². The maximum absolute atomic E-state index is 12.4. The molecule has 0 aromatic carbocycles. The summed E-state index contributed by atoms with van der Waals surface area (Å²) >= 11 is 0. The molecule has 0 aliphatic rings. The molecule has 164 valence electrons. The molecule has 7 nitrogen and oxygen atoms in total. The molecule has 0 aliphatic carbocycles. The minimum atomic E-state index is -0.969. The summed E-state index contributed by atoms with van der Waals surface area (Å²) in [4.78, 5) is 36.6. The number of rotatable bonds is 12. The highest BCUT2D eigenvalue weighted by Gasteiger charge is 2.35. The normalized spacial score (nSPS) is 12.6. The average Bonchev–Trinajstić information content (AvgIpc) is 2.59. The zero-order valence-electron chi connectivity index (χ0n) is 18.6. The molecule has 0 saturated carbocycles. The second-order valence-corrected chi connectivity index (χ2v) is 8.84. The number of hydrogen-bond donors (Lipinski definition) is 3. The van der Waals surface area contributed by atoms with Crippen LogP contribution in [0.4, 0.5) is 4.79 Å². The van der Waals surface area contributed by atoms with Gasteiger partial charge in [-0.3, -0.25) is 14.8 Å². The minimum absolute atomic E-state index is 0.0805. The molecule has 0 rings (SSSR count). The lowest BCUT2D eigenvalue weighted by atomic mass is 9.86. The molecule has 7 heteroatoms. The summed E-state index contributed by atoms with van der Waals surface area (Å²) in [7, 11) is 0. The highest BCUT2D eigenvalue weighted by Crippen LogP contribution is 2.20. The summed E-state index contributed by atoms with van der Waals surface area (Å²) in [5, 5.41) is 15.2. The SMILES string of the molecule is CCCCCCCCCCC(=O)N(O)C(=O)NC(C(=O)NC(C)C)C(C)(C)C. The Labute approximate surface area is 170 Å². The third-order valence-electron chi connectivity index (χ3n) is 4.50. The van der Waals surface area contributed by atoms with Crippen molar-refractivity contribution in [1.29, 1.82) is 0 Å². The number of urea groups is 1. The van der Waals surface area contributed by atoms with Gasteiger partial charge in [-0.25, -0.2) is 4.79 Å². The van der Waals surface area contributed by atoms with Crippen molar-refractivity contribution < 1.29 is 19.6 Å². The number of nitrogens with zero attached hydrogens (tertiary/aromatic N) is 1. The van der Waals surface area contributed by atoms with Gasteiger partial charge >= 0.3 is 6.03 Å². The topological polar surface area (TPSA) is 98.7 Å². The molecule has 0 fully saturated rings. The fourth-order valence-corrected chi connectivity index (χ4v) is 2.86. The van der Waals surface area contributed by atoms with Crippen LogP contribution < -0.4 is 10.6 Å². The lowest BCUT2D eigenvalue weighted by Crippen LogP contribution is -2.57. The summed E-state index contributed by atoms with van der Waals surface area (Å²) in [6, 6.07) is -1.92. The van der Waals surface area contributed by atoms with Gasteiger partial charge in [-0.1, -0.05) is 72.6 Å². The van der Waals surface area contributed by atoms with E-state index in [-0.39, 0.29) is 23.4 Å². The lowest BCUT2D eigenvalue weighted by molar-refractivity contribution is -0.153. The van der Waals surface area contributed by atoms with Crippen molar-refractivity contribution in [2.75, 3.05) is 0 Å². The van der Waals surface area contributed by atoms with E-state index in [2.05, 4.69) is 17.6 Å². The number of imide groups is 1. The quantitative estimate of drug-likeness (QED) is 0.257. The molecule has 4 amide bonds. The van der Waals surface area contributed by atoms with Crippen LogP contribution in [-0.4, -0.2) is 40.2 Å². The van der Waals surface area contributed by atoms with Crippen LogP contribution in [0.25, 0.3) is 0 Å². The third kappa shape index (κ3) is 11.3. The van der Waals surface area contributed by atoms with Gasteiger partial charge < -0.3 is 10.6 Å². The Kier molecular flexibility index (Phi) is 12.7. The number of hydrogen-bond acceptors (Lipinski definition) is 4. The van der Waals surface area contributed by atoms with Gasteiger partial charge in [0.25, 0.3) is 5.91 Å². The van der Waals surface area contributed by atoms with Crippen LogP contribution in [0.1, 0.15) is 99.3 Å². The maximum Gasteiger partial charge on any atom is 0.349 e. The lowest BCUT2D eigenvalue weighted by Gasteiger charge is -2.31. The van der Waals surface area contributed by atoms with E-state index in [0.29, 0.717) is 6.42 Å². The highest BCUT2D eigenvalue weighted by atomic mass is 16.5. The van der Waals surface area contributed by atoms with E-state index in [9.17, 15) is 19.6 Å². The Morgan fingerprint density at radius 2 is 1.39 bits per heavy atom. The molecule has 0 aromatic rings. The van der Waals surface area contributed by atoms with E-state index in [4.69, 9.17) is 0 Å². The fraction of sp³-hybridized carbons (Fsp3) is 0.857. The molecule has 0 aliphatic heterocycles. The molecule has 0 aromatic heterocycles. The van der Waals surface area contributed by atoms with Crippen molar-refractivity contribution in [3.8, 4) is 0 Å². The van der Waals surface area contributed by atoms with E-state index < -0.39 is 23.4 Å². The van der Waals surface area contributed by atoms with Crippen LogP contribution in [0.5, 0.6) is 0 Å². The van der Waals surface area contributed by atoms with Crippen molar-refractivity contribution in [1.82, 2.24) is 15.7 Å². The Bertz CT molecular complexity index is 487. The summed E-state index contributed by atoms with van der Waals surface area (Å²) in [5.74, 6) is -1.000. The summed E-state index contributed by atoms with van der Waals surface area (Å²) < 4.78 is 0. The van der Waals surface area contributed by atoms with Crippen LogP contribution in [0, 0.1) is 5.41 Å². The molecule has 0 heterocycles. The number of unbranched alkanes of at least 4 members (excludes halogenated alkanes) is 7. The van der Waals surface area contributed by atoms with Crippen LogP contribution >= 0.6 is 0 Å². The number of carbonyl (C=O) groups excluding carboxylic acids is 3. The van der Waals surface area contributed by atoms with Gasteiger partial charge in [0.05, 0.1) is 0 Å². The molecule has 0 saturated heterocycles. The van der Waals surface area contributed by atoms with Gasteiger partial charge in [-0.05, 0) is 25.7 Å². The predicted octanol–water partition coefficient (Wildman–Crippen LogP) is 4.38. The molecular weight excluding hydrogens is 358 g/mol. The van der Waals surface area contributed by atoms with E-state index in [1.54, 1.807) is 0 Å². The van der Waals surface area contributed by atoms with E-state index in [0.717, 1.165) is 19.3 Å². The number of hydroxylamine groups is 2. The third-order valence-corrected chi connectivity index (χ3v) is 4.50. The predicted molar refractivity (Wildman–Crippen MR) is 111 cm³/mol. The van der Waals surface area contributed by atoms with Crippen LogP contribution in [-0.2, 0) is 9.59 Å². The number of nitrogens with one attached hydrogen (secondary N) is 2. The smallest absolute Gasteiger partial charge is 0.349 e. The second kappa shape index (κ2) is 13.5. The zero-order valence-corrected chi connectivity index (χ0v) is 18.6. The Morgan fingerprint density at radius 1 is 0.893 bits per heavy atom. The van der Waals surface area contributed by atoms with Crippen molar-refractivity contribution in [3.05, 3.63) is 0 Å². The van der Waals surface area contributed by atoms with Gasteiger partial charge in [0.2, 0.25) is 5.91 Å². The first-order valence-corrected chi connectivity index (χ1v) is 10.6. The Hall–Kier alpha value is -1.63. The first kappa shape index (κ1) is 26.4. The van der Waals surface area contributed by atoms with E-state index >= 15 is 0 Å². The highest BCUT2D eigenvalue weighted by molar-refractivity contribution is 5.95. The molecule has 0 bridgehead atoms. The van der Waals surface area contributed by atoms with Gasteiger partial charge in [0.1, 0.15) is 6.04 Å². The molecule has 0 radical (unpaired) electrons. The first-order valence-electron chi connectivity index (χ1n) is 10.6. The second-order valence-electron chi connectivity index (χ2n) is 8.84. The molecule has 1 atom stereocenters. The Balaban J connectivity index is 4.41. The molecule has 0 spiro atoms. The monoisotopic (exact) mass is 399 g/mol. The Morgan fingerprint density at radius 3 is 1.86 bits per heavy atom. The van der Waals surface area contributed by atoms with Gasteiger partial charge in [-0.15, -0.1) is 5.06 Å². The molecule has 28 heavy (non-hydrogen) atoms. The fourth-order valence-electron chi connectivity index (χ4n) is 2.86. The van der Waals surface area contributed by atoms with Crippen molar-refractivity contribution in [2.24, 2.45) is 5.41 Å². The summed E-state index contributed by atoms with van der Waals surface area (Å²) in [6.45, 7) is 11.3. The number of amides is 4. The van der Waals surface area contributed by atoms with Gasteiger partial charge in [-0.2, -0.15) is 0 Å². The standard InChI is InChI=1S/C21H41N3O4/c1-7-8-9-10-11-12-13-14-15-17(25)24(28)20(27)23-18(21(4,5)6)19(26)22-16(2)3/h16,18,28H,7-15H2,1-6H3,(H,22,26)(H,23,27). The molecule has 3 N–H and O–H groups in total. The van der Waals surface area contributed by atoms with Crippen molar-refractivity contribution in [2.45, 2.75) is 111 Å². The average molecular weight is 400 g/mol. The zero-order chi connectivity index (χ0) is 21.7. The first-order chi connectivity index (χ1) is 13.0. The van der Waals surface area contributed by atoms with Crippen LogP contribution in [0.15, 0.2) is 0 Å². The van der Waals surface area contributed by atoms with Gasteiger partial charge in [0.15, 0.2) is 0 Å². The number of carbonyl (C=O) groups is 3. The summed E-state index contributed by atoms with van der Waals surface area (Å²) in [6.07, 6.45) is 8.78. The van der Waals surface area contributed by atoms with Crippen molar-refractivity contribution >= 4 is 17.8 Å². The van der Waals surface area contributed by atoms with E-state index in [1.165, 1.54) is 25.7 Å². The molecular formula is C21H41N3O4. The maximum atomic E-state index is 12.4. The van der Waals surface area contributed by atoms with Crippen molar-refractivity contribution in [3.63, 3.8) is 0 Å². The summed E-state index contributed by atoms with van der Waals surface area (Å²) in [5.41, 5.74) is -0.573. The van der Waals surface area contributed by atoms with Crippen LogP contribution in [0.2, 0.25) is 0 Å². The minimum Gasteiger partial charge on any atom is -0.352 e. The van der Waals surface area contributed by atoms with Crippen LogP contribution in [0.3, 0.4) is 0 Å². The van der Waals surface area contributed by atoms with Gasteiger partial charge in [0, 0.05) is 12.5 Å². The molecule has 1 unspecified atom stereocenters. The largest absolute Gasteiger partial charge is 0.352 e.